The number of halogens is 1. The summed E-state index contributed by atoms with van der Waals surface area (Å²) in [7, 11) is -6.34. The second-order valence-electron chi connectivity index (χ2n) is 8.44. The molecule has 0 spiro atoms. The van der Waals surface area contributed by atoms with Crippen LogP contribution in [0.5, 0.6) is 5.88 Å². The molecular formula is C24H25ClN2O7S2. The number of ketones is 1. The lowest BCUT2D eigenvalue weighted by Crippen LogP contribution is -2.25. The zero-order valence-corrected chi connectivity index (χ0v) is 22.5. The van der Waals surface area contributed by atoms with Gasteiger partial charge in [-0.1, -0.05) is 11.6 Å². The first-order valence-electron chi connectivity index (χ1n) is 11.1. The zero-order chi connectivity index (χ0) is 26.4. The number of hydrogen-bond acceptors (Lipinski definition) is 8. The molecule has 0 aliphatic carbocycles. The Morgan fingerprint density at radius 1 is 1.19 bits per heavy atom. The summed E-state index contributed by atoms with van der Waals surface area (Å²) in [6.45, 7) is 5.26. The lowest BCUT2D eigenvalue weighted by Gasteiger charge is -2.28. The number of aryl methyl sites for hydroxylation is 2. The predicted molar refractivity (Wildman–Crippen MR) is 133 cm³/mol. The molecule has 36 heavy (non-hydrogen) atoms. The molecule has 2 aromatic carbocycles. The fourth-order valence-electron chi connectivity index (χ4n) is 4.44. The molecule has 0 bridgehead atoms. The summed E-state index contributed by atoms with van der Waals surface area (Å²) in [5, 5.41) is 4.49. The van der Waals surface area contributed by atoms with Crippen LogP contribution in [0.25, 0.3) is 0 Å². The Kier molecular flexibility index (Phi) is 7.04. The van der Waals surface area contributed by atoms with E-state index in [9.17, 15) is 21.6 Å². The number of aromatic nitrogens is 2. The Morgan fingerprint density at radius 3 is 2.47 bits per heavy atom. The third-order valence-corrected chi connectivity index (χ3v) is 9.62. The molecule has 0 saturated carbocycles. The van der Waals surface area contributed by atoms with Crippen molar-refractivity contribution in [1.29, 1.82) is 0 Å². The van der Waals surface area contributed by atoms with Gasteiger partial charge in [0.1, 0.15) is 10.5 Å². The topological polar surface area (TPSA) is 122 Å². The van der Waals surface area contributed by atoms with E-state index in [0.29, 0.717) is 21.7 Å². The molecule has 0 fully saturated rings. The highest BCUT2D eigenvalue weighted by atomic mass is 35.5. The van der Waals surface area contributed by atoms with Gasteiger partial charge in [-0.3, -0.25) is 4.79 Å². The number of methoxy groups -OCH3 is 1. The van der Waals surface area contributed by atoms with Crippen LogP contribution in [0.3, 0.4) is 0 Å². The van der Waals surface area contributed by atoms with Crippen molar-refractivity contribution in [3.63, 3.8) is 0 Å². The molecule has 1 aliphatic rings. The Bertz CT molecular complexity index is 1560. The zero-order valence-electron chi connectivity index (χ0n) is 20.1. The fraction of sp³-hybridized carbons (Fsp3) is 0.333. The standard InChI is InChI=1S/C24H25ClN2O7S2/c1-5-27-24(34-36(31,32)17-8-6-16(25)7-9-17)19(13-26-27)22(28)18-12-14(2)23-21(15(18)3)20(33-4)10-11-35(23,29)30/h6-9,12-13,20H,5,10-11H2,1-4H3. The number of ether oxygens (including phenoxy) is 1. The molecule has 1 unspecified atom stereocenters. The highest BCUT2D eigenvalue weighted by Gasteiger charge is 2.36. The maximum Gasteiger partial charge on any atom is 0.340 e. The summed E-state index contributed by atoms with van der Waals surface area (Å²) in [5.74, 6) is -0.823. The predicted octanol–water partition coefficient (Wildman–Crippen LogP) is 4.04. The van der Waals surface area contributed by atoms with Crippen LogP contribution in [-0.4, -0.2) is 45.3 Å². The first-order chi connectivity index (χ1) is 16.9. The van der Waals surface area contributed by atoms with Crippen LogP contribution in [0.1, 0.15) is 52.1 Å². The second kappa shape index (κ2) is 9.62. The van der Waals surface area contributed by atoms with Crippen molar-refractivity contribution in [3.8, 4) is 5.88 Å². The Balaban J connectivity index is 1.83. The van der Waals surface area contributed by atoms with Gasteiger partial charge in [-0.25, -0.2) is 13.1 Å². The average Bonchev–Trinajstić information content (AvgIpc) is 3.22. The molecule has 1 aliphatic heterocycles. The summed E-state index contributed by atoms with van der Waals surface area (Å²) in [5.41, 5.74) is 1.47. The van der Waals surface area contributed by atoms with Crippen molar-refractivity contribution in [2.24, 2.45) is 0 Å². The van der Waals surface area contributed by atoms with Gasteiger partial charge in [-0.15, -0.1) is 0 Å². The summed E-state index contributed by atoms with van der Waals surface area (Å²) in [6.07, 6.45) is 1.03. The molecule has 2 heterocycles. The van der Waals surface area contributed by atoms with E-state index >= 15 is 0 Å². The van der Waals surface area contributed by atoms with Crippen LogP contribution in [0.4, 0.5) is 0 Å². The highest BCUT2D eigenvalue weighted by Crippen LogP contribution is 2.40. The molecule has 0 amide bonds. The average molecular weight is 553 g/mol. The van der Waals surface area contributed by atoms with Crippen molar-refractivity contribution in [2.75, 3.05) is 12.9 Å². The van der Waals surface area contributed by atoms with Gasteiger partial charge in [-0.05, 0) is 68.7 Å². The Labute approximate surface area is 215 Å². The molecule has 192 valence electrons. The van der Waals surface area contributed by atoms with Crippen molar-refractivity contribution < 1.29 is 30.6 Å². The lowest BCUT2D eigenvalue weighted by atomic mass is 9.90. The molecule has 4 rings (SSSR count). The summed E-state index contributed by atoms with van der Waals surface area (Å²) in [6, 6.07) is 6.94. The van der Waals surface area contributed by atoms with Gasteiger partial charge in [0.2, 0.25) is 5.88 Å². The third-order valence-electron chi connectivity index (χ3n) is 6.21. The van der Waals surface area contributed by atoms with E-state index < -0.39 is 31.8 Å². The molecule has 0 N–H and O–H groups in total. The molecule has 9 nitrogen and oxygen atoms in total. The van der Waals surface area contributed by atoms with E-state index in [1.807, 2.05) is 0 Å². The van der Waals surface area contributed by atoms with Gasteiger partial charge < -0.3 is 8.92 Å². The molecular weight excluding hydrogens is 528 g/mol. The van der Waals surface area contributed by atoms with Crippen LogP contribution < -0.4 is 4.18 Å². The van der Waals surface area contributed by atoms with Crippen LogP contribution in [0.2, 0.25) is 5.02 Å². The van der Waals surface area contributed by atoms with Crippen LogP contribution >= 0.6 is 11.6 Å². The van der Waals surface area contributed by atoms with E-state index in [2.05, 4.69) is 5.10 Å². The molecule has 3 aromatic rings. The summed E-state index contributed by atoms with van der Waals surface area (Å²) < 4.78 is 63.8. The summed E-state index contributed by atoms with van der Waals surface area (Å²) in [4.78, 5) is 13.8. The van der Waals surface area contributed by atoms with Gasteiger partial charge in [0.25, 0.3) is 0 Å². The second-order valence-corrected chi connectivity index (χ2v) is 12.5. The van der Waals surface area contributed by atoms with E-state index in [0.717, 1.165) is 0 Å². The summed E-state index contributed by atoms with van der Waals surface area (Å²) >= 11 is 5.86. The number of carbonyl (C=O) groups excluding carboxylic acids is 1. The largest absolute Gasteiger partial charge is 0.377 e. The van der Waals surface area contributed by atoms with E-state index in [1.165, 1.54) is 48.3 Å². The quantitative estimate of drug-likeness (QED) is 0.318. The first-order valence-corrected chi connectivity index (χ1v) is 14.5. The lowest BCUT2D eigenvalue weighted by molar-refractivity contribution is 0.0951. The Morgan fingerprint density at radius 2 is 1.86 bits per heavy atom. The number of benzene rings is 2. The maximum atomic E-state index is 13.7. The van der Waals surface area contributed by atoms with Crippen molar-refractivity contribution in [3.05, 3.63) is 69.4 Å². The van der Waals surface area contributed by atoms with Crippen molar-refractivity contribution in [2.45, 2.75) is 49.6 Å². The number of carbonyl (C=O) groups is 1. The smallest absolute Gasteiger partial charge is 0.340 e. The minimum absolute atomic E-state index is 0.0457. The van der Waals surface area contributed by atoms with Gasteiger partial charge in [-0.2, -0.15) is 13.5 Å². The highest BCUT2D eigenvalue weighted by molar-refractivity contribution is 7.91. The molecule has 0 radical (unpaired) electrons. The van der Waals surface area contributed by atoms with E-state index in [-0.39, 0.29) is 45.5 Å². The van der Waals surface area contributed by atoms with Crippen LogP contribution in [0.15, 0.2) is 46.3 Å². The van der Waals surface area contributed by atoms with Crippen molar-refractivity contribution in [1.82, 2.24) is 9.78 Å². The SMILES string of the molecule is CCn1ncc(C(=O)c2cc(C)c3c(c2C)C(OC)CCS3(=O)=O)c1OS(=O)(=O)c1ccc(Cl)cc1. The number of hydrogen-bond donors (Lipinski definition) is 0. The normalized spacial score (nSPS) is 17.0. The molecule has 0 saturated heterocycles. The number of nitrogens with zero attached hydrogens (tertiary/aromatic N) is 2. The van der Waals surface area contributed by atoms with E-state index in [4.69, 9.17) is 20.5 Å². The monoisotopic (exact) mass is 552 g/mol. The maximum absolute atomic E-state index is 13.7. The number of rotatable bonds is 7. The van der Waals surface area contributed by atoms with E-state index in [1.54, 1.807) is 20.8 Å². The third kappa shape index (κ3) is 4.56. The first kappa shape index (κ1) is 26.3. The number of fused-ring (bicyclic) bond motifs is 1. The molecule has 1 atom stereocenters. The molecule has 1 aromatic heterocycles. The minimum atomic E-state index is -4.30. The molecule has 12 heteroatoms. The van der Waals surface area contributed by atoms with Crippen molar-refractivity contribution >= 4 is 37.3 Å². The van der Waals surface area contributed by atoms with Crippen LogP contribution in [0, 0.1) is 13.8 Å². The van der Waals surface area contributed by atoms with Gasteiger partial charge in [0.15, 0.2) is 15.6 Å². The number of sulfone groups is 1. The Hall–Kier alpha value is -2.73. The van der Waals surface area contributed by atoms with Crippen LogP contribution in [-0.2, 0) is 31.2 Å². The van der Waals surface area contributed by atoms with Gasteiger partial charge >= 0.3 is 10.1 Å². The van der Waals surface area contributed by atoms with Gasteiger partial charge in [0.05, 0.1) is 22.9 Å². The minimum Gasteiger partial charge on any atom is -0.377 e. The fourth-order valence-corrected chi connectivity index (χ4v) is 7.41. The van der Waals surface area contributed by atoms with Gasteiger partial charge in [0, 0.05) is 29.8 Å².